The Morgan fingerprint density at radius 1 is 0.398 bits per heavy atom. The van der Waals surface area contributed by atoms with E-state index in [0.29, 0.717) is 92.0 Å². The largest absolute Gasteiger partial charge is 1.00 e. The second-order valence-corrected chi connectivity index (χ2v) is 35.8. The summed E-state index contributed by atoms with van der Waals surface area (Å²) >= 11 is 6.23. The van der Waals surface area contributed by atoms with E-state index in [1.54, 1.807) is 24.3 Å². The first-order valence-electron chi connectivity index (χ1n) is 45.4. The molecule has 6 aromatic carbocycles. The number of aryl methyl sites for hydroxylation is 4. The number of para-hydroxylation sites is 6. The third-order valence-electron chi connectivity index (χ3n) is 28.1. The number of aromatic hydroxyl groups is 3. The predicted molar refractivity (Wildman–Crippen MR) is 473 cm³/mol. The van der Waals surface area contributed by atoms with Gasteiger partial charge in [0.15, 0.2) is 5.15 Å². The molecule has 123 heavy (non-hydrogen) atoms. The van der Waals surface area contributed by atoms with Crippen LogP contribution in [0, 0.1) is 0 Å². The van der Waals surface area contributed by atoms with Crippen LogP contribution < -0.4 is 52.0 Å². The molecule has 9 aliphatic rings. The zero-order chi connectivity index (χ0) is 85.5. The molecular formula is C97H123ClFN10NaO13. The van der Waals surface area contributed by atoms with Gasteiger partial charge >= 0.3 is 47.5 Å². The molecule has 654 valence electrons. The van der Waals surface area contributed by atoms with Crippen molar-refractivity contribution in [3.63, 3.8) is 0 Å². The zero-order valence-corrected chi connectivity index (χ0v) is 74.5. The number of methoxy groups -OCH3 is 2. The predicted octanol–water partition coefficient (Wildman–Crippen LogP) is 14.8. The van der Waals surface area contributed by atoms with Crippen LogP contribution in [0.25, 0.3) is 33.1 Å². The minimum atomic E-state index is -1.17. The molecule has 9 fully saturated rings. The van der Waals surface area contributed by atoms with Crippen LogP contribution in [0.3, 0.4) is 0 Å². The van der Waals surface area contributed by atoms with E-state index >= 15 is 0 Å². The zero-order valence-electron chi connectivity index (χ0n) is 72.8. The van der Waals surface area contributed by atoms with Crippen molar-refractivity contribution < 1.29 is 84.0 Å². The third-order valence-corrected chi connectivity index (χ3v) is 28.4. The maximum absolute atomic E-state index is 14.1. The van der Waals surface area contributed by atoms with Gasteiger partial charge in [-0.1, -0.05) is 163 Å². The van der Waals surface area contributed by atoms with Gasteiger partial charge in [0.1, 0.15) is 45.3 Å². The van der Waals surface area contributed by atoms with Gasteiger partial charge < -0.3 is 54.8 Å². The summed E-state index contributed by atoms with van der Waals surface area (Å²) in [6, 6.07) is 44.2. The van der Waals surface area contributed by atoms with Crippen LogP contribution in [0.5, 0.6) is 17.2 Å². The molecule has 7 N–H and O–H groups in total. The van der Waals surface area contributed by atoms with Gasteiger partial charge in [0.25, 0.3) is 18.1 Å². The molecule has 6 saturated heterocycles. The second-order valence-electron chi connectivity index (χ2n) is 35.4. The average Bonchev–Trinajstić information content (AvgIpc) is 1.74. The Morgan fingerprint density at radius 3 is 1.01 bits per heavy atom. The molecule has 0 spiro atoms. The van der Waals surface area contributed by atoms with Crippen LogP contribution in [0.2, 0.25) is 5.15 Å². The summed E-state index contributed by atoms with van der Waals surface area (Å²) in [7, 11) is 2.56. The number of benzene rings is 6. The molecule has 26 heteroatoms. The number of fused-ring (bicyclic) bond motifs is 9. The number of piperidine rings is 3. The number of aromatic nitrogens is 6. The van der Waals surface area contributed by atoms with E-state index in [1.807, 2.05) is 81.9 Å². The van der Waals surface area contributed by atoms with Crippen molar-refractivity contribution in [3.05, 3.63) is 208 Å². The molecule has 3 saturated carbocycles. The molecule has 3 aliphatic carbocycles. The number of hydrogen-bond donors (Lipinski definition) is 5. The standard InChI is InChI=1S/C33H41N3O4.C32H39N3O4.C23H30ClN3O.C9H11NO3.FH.Na.H2O/c1-40-33(39)27-19-22(14-18-31(27)37)13-17-29-32(38)36(30-12-8-7-11-28(30)34-29)26-20-24-15-16-25(21-26)35(24)23-9-5-3-2-4-6-10-23;36-30-17-13-21(18-26(30)32(38)39)12-16-28-31(37)35(29-11-7-6-10-27(29)33-28)25-19-23-14-15-24(20-25)34(23)22-8-4-2-1-3-5-9-22;24-22-23(28)27(21-11-7-6-10-20(21)25-22)19-14-17-12-13-18(15-19)26(17)16-8-4-2-1-3-5-9-16;1-13-9(12)7-4-6(5-10)2-3-8(7)11;;;/h7-8,11-12,14,18-19,23-26,37H,2-6,9-10,13,15-17,20-21H2,1H3;6-7,10-11,13,17-18,22-25,36H,1-5,8-9,12,14-16,19-20H2,(H,38,39);6-7,10-11,16-19H,1-5,8-9,12-15H2;2-4,11H,5,10H2,1H3;1H;;1H2/q;;;;;+1;/p-1/t24-,25+,26?;23-,24+,25?;17-,18+,19?;;;;/i/hT. The number of ether oxygens (including phenoxy) is 2. The SMILES string of the molecule is COC(=O)c1cc(CCc2nc3ccccc3n(C3C[C@H]4CC[C@@H](C3)N4C3CCCCCCC3)c2=O)ccc1O.COC(=O)c1cc(CN)ccc1O.O=C(O)c1cc(CCc2nc3ccccc3n(C3C[C@H]4CC[C@@H](C3)N4C3CCCCCCC3)c2=O)ccc1O.O=c1c(Cl)nc2ccccc2n1C1C[C@H]2CC[C@@H](C1)N2C1CCCCCCC1.[3H]F.[Na+].[OH-]. The van der Waals surface area contributed by atoms with Gasteiger partial charge in [-0.15, -0.1) is 0 Å². The van der Waals surface area contributed by atoms with E-state index in [9.17, 15) is 49.2 Å². The van der Waals surface area contributed by atoms with Crippen molar-refractivity contribution in [2.75, 3.05) is 14.2 Å². The Labute approximate surface area is 748 Å². The van der Waals surface area contributed by atoms with E-state index in [-0.39, 0.29) is 109 Å². The van der Waals surface area contributed by atoms with Crippen molar-refractivity contribution in [3.8, 4) is 17.2 Å². The molecule has 6 bridgehead atoms. The molecule has 0 amide bonds. The number of carboxylic acid groups (broad SMARTS) is 1. The number of nitrogens with zero attached hydrogens (tertiary/aromatic N) is 9. The Kier molecular flexibility index (Phi) is 32.7. The van der Waals surface area contributed by atoms with E-state index in [2.05, 4.69) is 30.4 Å². The van der Waals surface area contributed by atoms with Crippen LogP contribution in [0.15, 0.2) is 142 Å². The van der Waals surface area contributed by atoms with E-state index in [1.165, 1.54) is 218 Å². The number of hydrogen-bond acceptors (Lipinski definition) is 19. The molecule has 3 unspecified atom stereocenters. The van der Waals surface area contributed by atoms with Crippen LogP contribution in [0.1, 0.15) is 289 Å². The normalized spacial score (nSPS) is 23.4. The van der Waals surface area contributed by atoms with Crippen LogP contribution in [-0.4, -0.2) is 157 Å². The monoisotopic (exact) mass is 1710 g/mol. The first-order chi connectivity index (χ1) is 59.4. The minimum Gasteiger partial charge on any atom is -0.870 e. The maximum Gasteiger partial charge on any atom is 1.00 e. The average molecular weight is 1720 g/mol. The molecule has 18 rings (SSSR count). The summed E-state index contributed by atoms with van der Waals surface area (Å²) in [4.78, 5) is 98.1. The molecule has 23 nitrogen and oxygen atoms in total. The van der Waals surface area contributed by atoms with Gasteiger partial charge in [-0.3, -0.25) is 33.8 Å². The van der Waals surface area contributed by atoms with Gasteiger partial charge in [0.05, 0.1) is 47.3 Å². The number of esters is 2. The van der Waals surface area contributed by atoms with Crippen molar-refractivity contribution in [1.29, 1.82) is 1.45 Å². The summed E-state index contributed by atoms with van der Waals surface area (Å²) in [6.07, 6.45) is 44.3. The van der Waals surface area contributed by atoms with Gasteiger partial charge in [0, 0.05) is 79.0 Å². The van der Waals surface area contributed by atoms with Crippen molar-refractivity contribution in [1.82, 2.24) is 43.4 Å². The van der Waals surface area contributed by atoms with Crippen LogP contribution in [0.4, 0.5) is 4.72 Å². The smallest absolute Gasteiger partial charge is 0.870 e. The fourth-order valence-electron chi connectivity index (χ4n) is 22.6. The maximum atomic E-state index is 14.1. The summed E-state index contributed by atoms with van der Waals surface area (Å²) in [6.45, 7) is 0.324. The Hall–Kier alpha value is -8.43. The van der Waals surface area contributed by atoms with Crippen molar-refractivity contribution in [2.45, 2.75) is 317 Å². The number of phenols is 3. The van der Waals surface area contributed by atoms with Gasteiger partial charge in [-0.2, -0.15) is 0 Å². The molecule has 9 aromatic rings. The van der Waals surface area contributed by atoms with Crippen molar-refractivity contribution in [2.24, 2.45) is 5.73 Å². The van der Waals surface area contributed by atoms with E-state index < -0.39 is 17.9 Å². The van der Waals surface area contributed by atoms with Crippen LogP contribution in [-0.2, 0) is 41.7 Å². The molecule has 9 heterocycles. The summed E-state index contributed by atoms with van der Waals surface area (Å²) < 4.78 is 28.3. The number of carbonyl (C=O) groups is 3. The Morgan fingerprint density at radius 2 is 0.683 bits per heavy atom. The quantitative estimate of drug-likeness (QED) is 0.0443. The van der Waals surface area contributed by atoms with Gasteiger partial charge in [-0.25, -0.2) is 29.3 Å². The molecule has 9 atom stereocenters. The number of rotatable bonds is 16. The van der Waals surface area contributed by atoms with E-state index in [0.717, 1.165) is 94.4 Å². The number of phenolic OH excluding ortho intramolecular Hbond substituents is 2. The molecular weight excluding hydrogens is 1590 g/mol. The number of carbonyl (C=O) groups excluding carboxylic acids is 2. The first kappa shape index (κ1) is 92.2. The van der Waals surface area contributed by atoms with Gasteiger partial charge in [-0.05, 0) is 231 Å². The summed E-state index contributed by atoms with van der Waals surface area (Å²) in [5.74, 6) is -2.76. The summed E-state index contributed by atoms with van der Waals surface area (Å²) in [5, 5.41) is 38.7. The number of carboxylic acids is 1. The number of nitrogens with two attached hydrogens (primary N) is 1. The number of aromatic carboxylic acids is 1. The second kappa shape index (κ2) is 43.7. The van der Waals surface area contributed by atoms with Crippen LogP contribution >= 0.6 is 11.6 Å². The minimum absolute atomic E-state index is 0. The number of halogens is 2. The third kappa shape index (κ3) is 21.5. The first-order valence-corrected chi connectivity index (χ1v) is 45.4. The van der Waals surface area contributed by atoms with E-state index in [4.69, 9.17) is 36.8 Å². The molecule has 3 aromatic heterocycles. The Bertz CT molecular complexity index is 5260. The summed E-state index contributed by atoms with van der Waals surface area (Å²) in [5.41, 5.74) is 14.1. The fourth-order valence-corrected chi connectivity index (χ4v) is 22.7. The topological polar surface area (TPSA) is 321 Å². The Balaban J connectivity index is 0.000000157. The van der Waals surface area contributed by atoms with Crippen molar-refractivity contribution >= 4 is 62.6 Å². The fraction of sp³-hybridized carbons (Fsp3) is 0.536. The molecule has 6 aliphatic heterocycles. The van der Waals surface area contributed by atoms with Gasteiger partial charge in [0.2, 0.25) is 0 Å². The molecule has 0 radical (unpaired) electrons.